The molecule has 8 heteroatoms. The minimum atomic E-state index is -0.678. The van der Waals surface area contributed by atoms with Crippen molar-refractivity contribution in [3.63, 3.8) is 0 Å². The number of para-hydroxylation sites is 2. The lowest BCUT2D eigenvalue weighted by Crippen LogP contribution is -2.32. The van der Waals surface area contributed by atoms with Crippen molar-refractivity contribution in [2.24, 2.45) is 7.05 Å². The maximum atomic E-state index is 12.6. The van der Waals surface area contributed by atoms with Crippen LogP contribution in [0.25, 0.3) is 11.0 Å². The van der Waals surface area contributed by atoms with Gasteiger partial charge in [0.25, 0.3) is 5.91 Å². The Morgan fingerprint density at radius 3 is 2.60 bits per heavy atom. The third-order valence-electron chi connectivity index (χ3n) is 5.27. The number of imide groups is 1. The minimum Gasteiger partial charge on any atom is -0.349 e. The molecule has 0 radical (unpaired) electrons. The van der Waals surface area contributed by atoms with Gasteiger partial charge in [-0.05, 0) is 24.1 Å². The number of rotatable bonds is 7. The Hall–Kier alpha value is -3.68. The standard InChI is InChI=1S/C22H23N5O3/c1-26-18-10-6-5-9-16(18)24-19(26)13-23-20(28)12-11-17-21(29)27(22(30)25-17)14-15-7-3-2-4-8-15/h2-10,17H,11-14H2,1H3,(H,23,28)(H,25,30)/t17-/m1/s1. The second kappa shape index (κ2) is 8.36. The van der Waals surface area contributed by atoms with Crippen molar-refractivity contribution in [2.45, 2.75) is 32.0 Å². The summed E-state index contributed by atoms with van der Waals surface area (Å²) in [6.07, 6.45) is 0.393. The van der Waals surface area contributed by atoms with Crippen LogP contribution < -0.4 is 10.6 Å². The molecule has 0 unspecified atom stereocenters. The second-order valence-corrected chi connectivity index (χ2v) is 7.30. The summed E-state index contributed by atoms with van der Waals surface area (Å²) in [7, 11) is 1.91. The van der Waals surface area contributed by atoms with Crippen LogP contribution in [0.15, 0.2) is 54.6 Å². The highest BCUT2D eigenvalue weighted by Gasteiger charge is 2.37. The van der Waals surface area contributed by atoms with E-state index in [1.165, 1.54) is 4.90 Å². The molecule has 0 bridgehead atoms. The van der Waals surface area contributed by atoms with Crippen LogP contribution in [0.4, 0.5) is 4.79 Å². The van der Waals surface area contributed by atoms with Gasteiger partial charge in [-0.2, -0.15) is 0 Å². The number of fused-ring (bicyclic) bond motifs is 1. The number of urea groups is 1. The Morgan fingerprint density at radius 1 is 1.10 bits per heavy atom. The molecule has 1 fully saturated rings. The van der Waals surface area contributed by atoms with Crippen molar-refractivity contribution in [3.8, 4) is 0 Å². The van der Waals surface area contributed by atoms with Gasteiger partial charge in [0, 0.05) is 13.5 Å². The highest BCUT2D eigenvalue weighted by atomic mass is 16.2. The fourth-order valence-electron chi connectivity index (χ4n) is 3.58. The fraction of sp³-hybridized carbons (Fsp3) is 0.273. The minimum absolute atomic E-state index is 0.139. The van der Waals surface area contributed by atoms with E-state index in [0.717, 1.165) is 22.4 Å². The zero-order chi connectivity index (χ0) is 21.1. The van der Waals surface area contributed by atoms with Gasteiger partial charge in [0.1, 0.15) is 11.9 Å². The molecule has 8 nitrogen and oxygen atoms in total. The fourth-order valence-corrected chi connectivity index (χ4v) is 3.58. The summed E-state index contributed by atoms with van der Waals surface area (Å²) < 4.78 is 1.94. The molecule has 3 aromatic rings. The van der Waals surface area contributed by atoms with Crippen molar-refractivity contribution in [2.75, 3.05) is 0 Å². The Labute approximate surface area is 173 Å². The summed E-state index contributed by atoms with van der Waals surface area (Å²) in [5.41, 5.74) is 2.75. The lowest BCUT2D eigenvalue weighted by Gasteiger charge is -2.13. The Morgan fingerprint density at radius 2 is 1.83 bits per heavy atom. The lowest BCUT2D eigenvalue weighted by atomic mass is 10.1. The van der Waals surface area contributed by atoms with Crippen LogP contribution in [-0.2, 0) is 29.7 Å². The van der Waals surface area contributed by atoms with Crippen molar-refractivity contribution in [3.05, 3.63) is 66.0 Å². The van der Waals surface area contributed by atoms with E-state index in [1.807, 2.05) is 66.2 Å². The first-order valence-corrected chi connectivity index (χ1v) is 9.86. The number of imidazole rings is 1. The number of hydrogen-bond donors (Lipinski definition) is 2. The Bertz CT molecular complexity index is 1090. The van der Waals surface area contributed by atoms with Crippen LogP contribution in [0.2, 0.25) is 0 Å². The first-order valence-electron chi connectivity index (χ1n) is 9.86. The third kappa shape index (κ3) is 4.03. The van der Waals surface area contributed by atoms with E-state index in [9.17, 15) is 14.4 Å². The van der Waals surface area contributed by atoms with E-state index in [1.54, 1.807) is 0 Å². The Kier molecular flexibility index (Phi) is 5.47. The molecular formula is C22H23N5O3. The molecule has 1 saturated heterocycles. The summed E-state index contributed by atoms with van der Waals surface area (Å²) in [6, 6.07) is 16.0. The third-order valence-corrected chi connectivity index (χ3v) is 5.27. The number of carbonyl (C=O) groups is 3. The summed E-state index contributed by atoms with van der Waals surface area (Å²) in [6.45, 7) is 0.524. The SMILES string of the molecule is Cn1c(CNC(=O)CC[C@H]2NC(=O)N(Cc3ccccc3)C2=O)nc2ccccc21. The van der Waals surface area contributed by atoms with Crippen molar-refractivity contribution in [1.82, 2.24) is 25.1 Å². The number of carbonyl (C=O) groups excluding carboxylic acids is 3. The maximum absolute atomic E-state index is 12.6. The average molecular weight is 405 g/mol. The molecule has 1 atom stereocenters. The highest BCUT2D eigenvalue weighted by molar-refractivity contribution is 6.04. The van der Waals surface area contributed by atoms with E-state index in [-0.39, 0.29) is 31.2 Å². The van der Waals surface area contributed by atoms with E-state index in [0.29, 0.717) is 6.54 Å². The predicted molar refractivity (Wildman–Crippen MR) is 111 cm³/mol. The number of nitrogens with one attached hydrogen (secondary N) is 2. The molecule has 154 valence electrons. The quantitative estimate of drug-likeness (QED) is 0.589. The van der Waals surface area contributed by atoms with Crippen molar-refractivity contribution < 1.29 is 14.4 Å². The van der Waals surface area contributed by atoms with E-state index >= 15 is 0 Å². The molecule has 0 spiro atoms. The summed E-state index contributed by atoms with van der Waals surface area (Å²) in [5.74, 6) is 0.265. The average Bonchev–Trinajstić information content (AvgIpc) is 3.22. The van der Waals surface area contributed by atoms with Crippen molar-refractivity contribution >= 4 is 28.9 Å². The lowest BCUT2D eigenvalue weighted by molar-refractivity contribution is -0.128. The smallest absolute Gasteiger partial charge is 0.325 e. The van der Waals surface area contributed by atoms with E-state index < -0.39 is 12.1 Å². The first-order chi connectivity index (χ1) is 14.5. The van der Waals surface area contributed by atoms with Gasteiger partial charge in [-0.1, -0.05) is 42.5 Å². The normalized spacial score (nSPS) is 16.2. The van der Waals surface area contributed by atoms with Gasteiger partial charge in [-0.3, -0.25) is 14.5 Å². The molecule has 4 rings (SSSR count). The van der Waals surface area contributed by atoms with Crippen LogP contribution in [-0.4, -0.2) is 38.3 Å². The molecule has 2 N–H and O–H groups in total. The number of aromatic nitrogens is 2. The first kappa shape index (κ1) is 19.6. The molecule has 30 heavy (non-hydrogen) atoms. The molecule has 0 aliphatic carbocycles. The Balaban J connectivity index is 1.29. The van der Waals surface area contributed by atoms with Gasteiger partial charge >= 0.3 is 6.03 Å². The molecule has 2 aromatic carbocycles. The molecule has 4 amide bonds. The molecule has 0 saturated carbocycles. The summed E-state index contributed by atoms with van der Waals surface area (Å²) >= 11 is 0. The molecular weight excluding hydrogens is 382 g/mol. The second-order valence-electron chi connectivity index (χ2n) is 7.30. The van der Waals surface area contributed by atoms with Gasteiger partial charge in [-0.15, -0.1) is 0 Å². The number of hydrogen-bond acceptors (Lipinski definition) is 4. The molecule has 1 aliphatic rings. The van der Waals surface area contributed by atoms with Gasteiger partial charge in [0.2, 0.25) is 5.91 Å². The van der Waals surface area contributed by atoms with E-state index in [2.05, 4.69) is 15.6 Å². The van der Waals surface area contributed by atoms with Crippen LogP contribution in [0.3, 0.4) is 0 Å². The number of amides is 4. The summed E-state index contributed by atoms with van der Waals surface area (Å²) in [5, 5.41) is 5.51. The topological polar surface area (TPSA) is 96.3 Å². The van der Waals surface area contributed by atoms with Crippen molar-refractivity contribution in [1.29, 1.82) is 0 Å². The zero-order valence-electron chi connectivity index (χ0n) is 16.7. The van der Waals surface area contributed by atoms with E-state index in [4.69, 9.17) is 0 Å². The number of aryl methyl sites for hydroxylation is 1. The molecule has 2 heterocycles. The molecule has 1 aromatic heterocycles. The van der Waals surface area contributed by atoms with Crippen LogP contribution >= 0.6 is 0 Å². The molecule has 1 aliphatic heterocycles. The van der Waals surface area contributed by atoms with Gasteiger partial charge in [0.15, 0.2) is 0 Å². The van der Waals surface area contributed by atoms with Crippen LogP contribution in [0.5, 0.6) is 0 Å². The largest absolute Gasteiger partial charge is 0.349 e. The van der Waals surface area contributed by atoms with Crippen LogP contribution in [0.1, 0.15) is 24.2 Å². The number of benzene rings is 2. The van der Waals surface area contributed by atoms with Gasteiger partial charge in [0.05, 0.1) is 24.1 Å². The maximum Gasteiger partial charge on any atom is 0.325 e. The van der Waals surface area contributed by atoms with Crippen LogP contribution in [0, 0.1) is 0 Å². The predicted octanol–water partition coefficient (Wildman–Crippen LogP) is 2.09. The zero-order valence-corrected chi connectivity index (χ0v) is 16.7. The van der Waals surface area contributed by atoms with Gasteiger partial charge < -0.3 is 15.2 Å². The highest BCUT2D eigenvalue weighted by Crippen LogP contribution is 2.16. The van der Waals surface area contributed by atoms with Gasteiger partial charge in [-0.25, -0.2) is 9.78 Å². The number of nitrogens with zero attached hydrogens (tertiary/aromatic N) is 3. The summed E-state index contributed by atoms with van der Waals surface area (Å²) in [4.78, 5) is 42.7. The monoisotopic (exact) mass is 405 g/mol.